The molecule has 0 saturated heterocycles. The first-order valence-electron chi connectivity index (χ1n) is 11.0. The Morgan fingerprint density at radius 3 is 2.56 bits per heavy atom. The number of thioether (sulfide) groups is 1. The van der Waals surface area contributed by atoms with Crippen LogP contribution in [0.25, 0.3) is 27.7 Å². The third-order valence-electron chi connectivity index (χ3n) is 5.74. The van der Waals surface area contributed by atoms with Crippen molar-refractivity contribution < 1.29 is 4.74 Å². The minimum atomic E-state index is 0.492. The number of hydrogen-bond donors (Lipinski definition) is 1. The Labute approximate surface area is 203 Å². The second kappa shape index (κ2) is 9.67. The largest absolute Gasteiger partial charge is 0.380 e. The zero-order valence-corrected chi connectivity index (χ0v) is 20.1. The van der Waals surface area contributed by atoms with Gasteiger partial charge in [0.25, 0.3) is 0 Å². The molecule has 0 fully saturated rings. The van der Waals surface area contributed by atoms with Crippen molar-refractivity contribution in [3.8, 4) is 16.9 Å². The topological polar surface area (TPSA) is 64.9 Å². The van der Waals surface area contributed by atoms with Gasteiger partial charge in [-0.05, 0) is 36.8 Å². The highest BCUT2D eigenvalue weighted by Crippen LogP contribution is 2.34. The molecule has 0 radical (unpaired) electrons. The fourth-order valence-corrected chi connectivity index (χ4v) is 4.76. The molecule has 0 atom stereocenters. The van der Waals surface area contributed by atoms with E-state index in [-0.39, 0.29) is 0 Å². The summed E-state index contributed by atoms with van der Waals surface area (Å²) in [4.78, 5) is 9.41. The molecule has 2 aromatic heterocycles. The van der Waals surface area contributed by atoms with E-state index in [1.807, 2.05) is 47.3 Å². The van der Waals surface area contributed by atoms with Crippen LogP contribution in [0.3, 0.4) is 0 Å². The van der Waals surface area contributed by atoms with E-state index in [0.717, 1.165) is 49.7 Å². The van der Waals surface area contributed by atoms with Gasteiger partial charge in [0, 0.05) is 24.3 Å². The van der Waals surface area contributed by atoms with Crippen LogP contribution in [0.2, 0.25) is 0 Å². The van der Waals surface area contributed by atoms with Crippen molar-refractivity contribution >= 4 is 34.2 Å². The summed E-state index contributed by atoms with van der Waals surface area (Å²) in [6, 6.07) is 24.5. The van der Waals surface area contributed by atoms with Crippen LogP contribution in [0.1, 0.15) is 11.3 Å². The highest BCUT2D eigenvalue weighted by atomic mass is 32.2. The summed E-state index contributed by atoms with van der Waals surface area (Å²) in [6.45, 7) is 2.57. The molecule has 3 aromatic carbocycles. The maximum absolute atomic E-state index is 5.44. The number of methoxy groups -OCH3 is 1. The summed E-state index contributed by atoms with van der Waals surface area (Å²) in [5.74, 6) is 0.533. The Kier molecular flexibility index (Phi) is 6.29. The zero-order valence-electron chi connectivity index (χ0n) is 19.3. The van der Waals surface area contributed by atoms with E-state index in [9.17, 15) is 0 Å². The van der Waals surface area contributed by atoms with E-state index < -0.39 is 0 Å². The highest BCUT2D eigenvalue weighted by Gasteiger charge is 2.19. The molecule has 0 spiro atoms. The first kappa shape index (κ1) is 22.1. The SMILES string of the molecule is COCc1ccc2ccccc2c1Nc1nccc(-c2c(SC)nn(-c3ccccc3)c2C)n1. The number of anilines is 2. The van der Waals surface area contributed by atoms with Crippen molar-refractivity contribution in [3.63, 3.8) is 0 Å². The third-order valence-corrected chi connectivity index (χ3v) is 6.41. The lowest BCUT2D eigenvalue weighted by Gasteiger charge is -2.14. The summed E-state index contributed by atoms with van der Waals surface area (Å²) < 4.78 is 7.41. The van der Waals surface area contributed by atoms with Gasteiger partial charge >= 0.3 is 0 Å². The predicted octanol–water partition coefficient (Wildman–Crippen LogP) is 6.40. The molecule has 5 rings (SSSR count). The van der Waals surface area contributed by atoms with Gasteiger partial charge in [0.05, 0.1) is 34.9 Å². The van der Waals surface area contributed by atoms with E-state index in [4.69, 9.17) is 14.8 Å². The second-order valence-electron chi connectivity index (χ2n) is 7.86. The van der Waals surface area contributed by atoms with Gasteiger partial charge in [-0.25, -0.2) is 14.6 Å². The molecule has 170 valence electrons. The van der Waals surface area contributed by atoms with Crippen molar-refractivity contribution in [2.24, 2.45) is 0 Å². The predicted molar refractivity (Wildman–Crippen MR) is 139 cm³/mol. The quantitative estimate of drug-likeness (QED) is 0.279. The van der Waals surface area contributed by atoms with E-state index in [1.54, 1.807) is 25.1 Å². The lowest BCUT2D eigenvalue weighted by Crippen LogP contribution is -2.03. The normalized spacial score (nSPS) is 11.1. The smallest absolute Gasteiger partial charge is 0.227 e. The Morgan fingerprint density at radius 1 is 0.971 bits per heavy atom. The summed E-state index contributed by atoms with van der Waals surface area (Å²) >= 11 is 1.61. The molecule has 0 aliphatic carbocycles. The van der Waals surface area contributed by atoms with Crippen LogP contribution in [-0.4, -0.2) is 33.1 Å². The number of aromatic nitrogens is 4. The van der Waals surface area contributed by atoms with E-state index in [2.05, 4.69) is 53.6 Å². The monoisotopic (exact) mass is 467 g/mol. The Morgan fingerprint density at radius 2 is 1.76 bits per heavy atom. The molecule has 0 amide bonds. The molecule has 5 aromatic rings. The summed E-state index contributed by atoms with van der Waals surface area (Å²) in [5, 5.41) is 11.5. The van der Waals surface area contributed by atoms with Crippen LogP contribution in [0, 0.1) is 6.92 Å². The van der Waals surface area contributed by atoms with Gasteiger partial charge in [-0.3, -0.25) is 0 Å². The summed E-state index contributed by atoms with van der Waals surface area (Å²) in [5.41, 5.74) is 5.90. The second-order valence-corrected chi connectivity index (χ2v) is 8.66. The molecule has 7 heteroatoms. The maximum Gasteiger partial charge on any atom is 0.227 e. The van der Waals surface area contributed by atoms with Crippen LogP contribution < -0.4 is 5.32 Å². The molecule has 2 heterocycles. The molecular formula is C27H25N5OS. The fraction of sp³-hybridized carbons (Fsp3) is 0.148. The zero-order chi connectivity index (χ0) is 23.5. The first-order chi connectivity index (χ1) is 16.7. The molecule has 0 unspecified atom stereocenters. The van der Waals surface area contributed by atoms with Crippen LogP contribution in [0.4, 0.5) is 11.6 Å². The van der Waals surface area contributed by atoms with Crippen molar-refractivity contribution in [2.75, 3.05) is 18.7 Å². The number of fused-ring (bicyclic) bond motifs is 1. The molecule has 0 bridgehead atoms. The molecule has 0 aliphatic heterocycles. The van der Waals surface area contributed by atoms with Gasteiger partial charge in [0.1, 0.15) is 5.03 Å². The highest BCUT2D eigenvalue weighted by molar-refractivity contribution is 7.98. The van der Waals surface area contributed by atoms with Gasteiger partial charge in [0.2, 0.25) is 5.95 Å². The van der Waals surface area contributed by atoms with E-state index in [0.29, 0.717) is 12.6 Å². The van der Waals surface area contributed by atoms with Gasteiger partial charge in [-0.2, -0.15) is 5.10 Å². The maximum atomic E-state index is 5.44. The number of ether oxygens (including phenoxy) is 1. The third kappa shape index (κ3) is 4.16. The summed E-state index contributed by atoms with van der Waals surface area (Å²) in [6.07, 6.45) is 3.82. The lowest BCUT2D eigenvalue weighted by atomic mass is 10.0. The van der Waals surface area contributed by atoms with Gasteiger partial charge < -0.3 is 10.1 Å². The molecule has 34 heavy (non-hydrogen) atoms. The van der Waals surface area contributed by atoms with Gasteiger partial charge in [-0.1, -0.05) is 54.6 Å². The number of nitrogens with zero attached hydrogens (tertiary/aromatic N) is 4. The Hall–Kier alpha value is -3.68. The van der Waals surface area contributed by atoms with Crippen molar-refractivity contribution in [1.82, 2.24) is 19.7 Å². The molecular weight excluding hydrogens is 442 g/mol. The van der Waals surface area contributed by atoms with Gasteiger partial charge in [0.15, 0.2) is 0 Å². The molecule has 0 saturated carbocycles. The van der Waals surface area contributed by atoms with Crippen LogP contribution in [-0.2, 0) is 11.3 Å². The van der Waals surface area contributed by atoms with Crippen LogP contribution >= 0.6 is 11.8 Å². The van der Waals surface area contributed by atoms with Crippen LogP contribution in [0.15, 0.2) is 84.0 Å². The first-order valence-corrected chi connectivity index (χ1v) is 12.2. The Balaban J connectivity index is 1.58. The lowest BCUT2D eigenvalue weighted by molar-refractivity contribution is 0.185. The van der Waals surface area contributed by atoms with Crippen LogP contribution in [0.5, 0.6) is 0 Å². The minimum absolute atomic E-state index is 0.492. The number of hydrogen-bond acceptors (Lipinski definition) is 6. The van der Waals surface area contributed by atoms with Crippen molar-refractivity contribution in [3.05, 3.63) is 90.3 Å². The molecule has 1 N–H and O–H groups in total. The minimum Gasteiger partial charge on any atom is -0.380 e. The number of benzene rings is 3. The number of nitrogens with one attached hydrogen (secondary N) is 1. The van der Waals surface area contributed by atoms with Crippen molar-refractivity contribution in [2.45, 2.75) is 18.6 Å². The summed E-state index contributed by atoms with van der Waals surface area (Å²) in [7, 11) is 1.70. The Bertz CT molecular complexity index is 1450. The van der Waals surface area contributed by atoms with Gasteiger partial charge in [-0.15, -0.1) is 11.8 Å². The van der Waals surface area contributed by atoms with E-state index in [1.165, 1.54) is 0 Å². The number of rotatable bonds is 7. The van der Waals surface area contributed by atoms with E-state index >= 15 is 0 Å². The average Bonchev–Trinajstić information content (AvgIpc) is 3.22. The fourth-order valence-electron chi connectivity index (χ4n) is 4.14. The average molecular weight is 468 g/mol. The molecule has 0 aliphatic rings. The standard InChI is InChI=1S/C27H25N5OS/c1-18-24(26(34-3)31-32(18)21-10-5-4-6-11-21)23-15-16-28-27(29-23)30-25-20(17-33-2)14-13-19-9-7-8-12-22(19)25/h4-16H,17H2,1-3H3,(H,28,29,30). The van der Waals surface area contributed by atoms with Crippen molar-refractivity contribution in [1.29, 1.82) is 0 Å². The molecule has 6 nitrogen and oxygen atoms in total. The number of para-hydroxylation sites is 1.